The maximum absolute atomic E-state index is 7.91. The molecule has 0 saturated heterocycles. The highest BCUT2D eigenvalue weighted by Gasteiger charge is 1.69. The van der Waals surface area contributed by atoms with Gasteiger partial charge in [-0.25, -0.2) is 0 Å². The van der Waals surface area contributed by atoms with Gasteiger partial charge in [0.25, 0.3) is 0 Å². The van der Waals surface area contributed by atoms with E-state index < -0.39 is 12.8 Å². The van der Waals surface area contributed by atoms with Crippen LogP contribution in [0.3, 0.4) is 0 Å². The van der Waals surface area contributed by atoms with Crippen LogP contribution in [-0.4, -0.2) is 15.4 Å². The average Bonchev–Trinajstić information content (AvgIpc) is 1.36. The van der Waals surface area contributed by atoms with Crippen molar-refractivity contribution in [1.82, 2.24) is 0 Å². The van der Waals surface area contributed by atoms with Gasteiger partial charge in [-0.15, -0.1) is 0 Å². The molecule has 0 radical (unpaired) electrons. The summed E-state index contributed by atoms with van der Waals surface area (Å²) >= 11 is 8.42. The fourth-order valence-corrected chi connectivity index (χ4v) is 0. The van der Waals surface area contributed by atoms with Gasteiger partial charge in [0.05, 0.1) is 0 Å². The molecule has 0 aromatic carbocycles. The average molecular weight is 142 g/mol. The molecule has 0 atom stereocenters. The van der Waals surface area contributed by atoms with Gasteiger partial charge < -0.3 is 10.2 Å². The molecule has 36 valence electrons. The molecule has 0 aromatic rings. The zero-order valence-electron chi connectivity index (χ0n) is 2.62. The highest BCUT2D eigenvalue weighted by molar-refractivity contribution is 8.45. The van der Waals surface area contributed by atoms with Crippen molar-refractivity contribution < 1.29 is 10.2 Å². The second-order valence-corrected chi connectivity index (χ2v) is 3.98. The van der Waals surface area contributed by atoms with E-state index in [-0.39, 0.29) is 0 Å². The predicted molar refractivity (Wildman–Crippen MR) is 32.4 cm³/mol. The van der Waals surface area contributed by atoms with Crippen LogP contribution >= 0.6 is 0 Å². The van der Waals surface area contributed by atoms with Gasteiger partial charge in [-0.2, -0.15) is 0 Å². The lowest BCUT2D eigenvalue weighted by Crippen LogP contribution is -1.89. The molecule has 0 rings (SSSR count). The molecule has 0 bridgehead atoms. The van der Waals surface area contributed by atoms with Crippen LogP contribution in [0, 0.1) is 0 Å². The van der Waals surface area contributed by atoms with Gasteiger partial charge in [0.1, 0.15) is 0 Å². The van der Waals surface area contributed by atoms with Crippen LogP contribution in [0.1, 0.15) is 0 Å². The third kappa shape index (κ3) is 2.67. The van der Waals surface area contributed by atoms with Gasteiger partial charge in [-0.1, -0.05) is 0 Å². The first-order valence-electron chi connectivity index (χ1n) is 0.985. The highest BCUT2D eigenvalue weighted by atomic mass is 33.1. The topological polar surface area (TPSA) is 40.5 Å². The molecule has 2 nitrogen and oxygen atoms in total. The Balaban J connectivity index is 4.58. The standard InChI is InChI=1S/CH2O2S3/c2-1(3)6(4)5/h2-3H. The van der Waals surface area contributed by atoms with E-state index in [1.165, 1.54) is 0 Å². The Kier molecular flexibility index (Phi) is 2.79. The van der Waals surface area contributed by atoms with Crippen molar-refractivity contribution in [1.29, 1.82) is 0 Å². The van der Waals surface area contributed by atoms with Gasteiger partial charge in [0.2, 0.25) is 5.24 Å². The Bertz CT molecular complexity index is 140. The van der Waals surface area contributed by atoms with Gasteiger partial charge in [-0.3, -0.25) is 0 Å². The maximum atomic E-state index is 7.91. The monoisotopic (exact) mass is 142 g/mol. The van der Waals surface area contributed by atoms with Crippen LogP contribution in [0.15, 0.2) is 0 Å². The fourth-order valence-electron chi connectivity index (χ4n) is 0. The first kappa shape index (κ1) is 6.45. The minimum atomic E-state index is -1.17. The van der Waals surface area contributed by atoms with E-state index >= 15 is 0 Å². The van der Waals surface area contributed by atoms with Crippen molar-refractivity contribution >= 4 is 35.2 Å². The third-order valence-electron chi connectivity index (χ3n) is 0.149. The van der Waals surface area contributed by atoms with E-state index in [1.54, 1.807) is 0 Å². The summed E-state index contributed by atoms with van der Waals surface area (Å²) in [7, 11) is -1.17. The lowest BCUT2D eigenvalue weighted by molar-refractivity contribution is 0.385. The van der Waals surface area contributed by atoms with E-state index in [4.69, 9.17) is 10.2 Å². The molecular formula is CH2O2S3. The van der Waals surface area contributed by atoms with Crippen molar-refractivity contribution in [2.75, 3.05) is 0 Å². The minimum absolute atomic E-state index is 0.833. The summed E-state index contributed by atoms with van der Waals surface area (Å²) < 4.78 is 0. The summed E-state index contributed by atoms with van der Waals surface area (Å²) in [5.41, 5.74) is 0. The normalized spacial score (nSPS) is 7.67. The lowest BCUT2D eigenvalue weighted by atomic mass is 11.5. The fraction of sp³-hybridized carbons (Fsp3) is 0. The van der Waals surface area contributed by atoms with Crippen molar-refractivity contribution in [3.63, 3.8) is 0 Å². The Morgan fingerprint density at radius 1 is 1.33 bits per heavy atom. The van der Waals surface area contributed by atoms with E-state index in [1.807, 2.05) is 0 Å². The highest BCUT2D eigenvalue weighted by Crippen LogP contribution is 1.48. The van der Waals surface area contributed by atoms with Crippen LogP contribution < -0.4 is 0 Å². The van der Waals surface area contributed by atoms with Crippen LogP contribution in [0.25, 0.3) is 0 Å². The molecule has 2 N–H and O–H groups in total. The van der Waals surface area contributed by atoms with Crippen molar-refractivity contribution in [2.45, 2.75) is 0 Å². The summed E-state index contributed by atoms with van der Waals surface area (Å²) in [6.07, 6.45) is 0. The van der Waals surface area contributed by atoms with Crippen molar-refractivity contribution in [3.8, 4) is 0 Å². The Morgan fingerprint density at radius 2 is 1.50 bits per heavy atom. The largest absolute Gasteiger partial charge is 0.332 e. The summed E-state index contributed by atoms with van der Waals surface area (Å²) in [5, 5.41) is 15.0. The number of aliphatic hydroxyl groups is 2. The first-order valence-corrected chi connectivity index (χ1v) is 4.06. The molecule has 5 heteroatoms. The molecule has 6 heavy (non-hydrogen) atoms. The summed E-state index contributed by atoms with van der Waals surface area (Å²) in [5.74, 6) is 0. The van der Waals surface area contributed by atoms with E-state index in [2.05, 4.69) is 22.4 Å². The molecule has 0 aliphatic carbocycles. The van der Waals surface area contributed by atoms with Crippen LogP contribution in [0.2, 0.25) is 0 Å². The Morgan fingerprint density at radius 3 is 1.50 bits per heavy atom. The smallest absolute Gasteiger partial charge is 0.248 e. The van der Waals surface area contributed by atoms with Gasteiger partial charge in [0, 0.05) is 0 Å². The van der Waals surface area contributed by atoms with Crippen LogP contribution in [-0.2, 0) is 30.0 Å². The number of rotatable bonds is 0. The number of aliphatic hydroxyl groups excluding tert-OH is 1. The minimum Gasteiger partial charge on any atom is -0.332 e. The second kappa shape index (κ2) is 2.59. The molecular weight excluding hydrogens is 140 g/mol. The molecule has 0 spiro atoms. The zero-order chi connectivity index (χ0) is 5.15. The summed E-state index contributed by atoms with van der Waals surface area (Å²) in [4.78, 5) is 0. The first-order chi connectivity index (χ1) is 2.64. The third-order valence-corrected chi connectivity index (χ3v) is 1.34. The molecule has 0 aliphatic heterocycles. The molecule has 0 fully saturated rings. The van der Waals surface area contributed by atoms with E-state index in [0.717, 1.165) is 0 Å². The summed E-state index contributed by atoms with van der Waals surface area (Å²) in [6, 6.07) is 0. The summed E-state index contributed by atoms with van der Waals surface area (Å²) in [6.45, 7) is 0. The quantitative estimate of drug-likeness (QED) is 0.457. The van der Waals surface area contributed by atoms with Gasteiger partial charge in [0.15, 0.2) is 0 Å². The molecule has 0 saturated carbocycles. The molecule has 0 unspecified atom stereocenters. The SMILES string of the molecule is OC(O)=S(=S)=S. The molecule has 0 amide bonds. The van der Waals surface area contributed by atoms with Crippen LogP contribution in [0.4, 0.5) is 0 Å². The van der Waals surface area contributed by atoms with E-state index in [9.17, 15) is 0 Å². The van der Waals surface area contributed by atoms with Crippen molar-refractivity contribution in [2.24, 2.45) is 0 Å². The second-order valence-electron chi connectivity index (χ2n) is 0.517. The zero-order valence-corrected chi connectivity index (χ0v) is 5.07. The van der Waals surface area contributed by atoms with Crippen LogP contribution in [0.5, 0.6) is 0 Å². The van der Waals surface area contributed by atoms with Gasteiger partial charge >= 0.3 is 0 Å². The maximum Gasteiger partial charge on any atom is 0.248 e. The van der Waals surface area contributed by atoms with E-state index in [0.29, 0.717) is 0 Å². The lowest BCUT2D eigenvalue weighted by Gasteiger charge is -1.69. The number of hydrogen-bond acceptors (Lipinski definition) is 2. The van der Waals surface area contributed by atoms with Crippen molar-refractivity contribution in [3.05, 3.63) is 0 Å². The number of hydrogen-bond donors (Lipinski definition) is 2. The Hall–Kier alpha value is 0.450. The molecule has 0 aromatic heterocycles. The molecule has 0 heterocycles. The molecule has 0 aliphatic rings. The van der Waals surface area contributed by atoms with Gasteiger partial charge in [-0.05, 0) is 30.0 Å². The Labute approximate surface area is 45.8 Å². The predicted octanol–water partition coefficient (Wildman–Crippen LogP) is -0.268.